The summed E-state index contributed by atoms with van der Waals surface area (Å²) in [5, 5.41) is 0. The molecule has 0 saturated heterocycles. The molecule has 0 fully saturated rings. The van der Waals surface area contributed by atoms with Gasteiger partial charge in [0.05, 0.1) is 12.7 Å². The Hall–Kier alpha value is -3.35. The molecule has 0 bridgehead atoms. The normalized spacial score (nSPS) is 13.1. The predicted molar refractivity (Wildman–Crippen MR) is 175 cm³/mol. The van der Waals surface area contributed by atoms with Crippen LogP contribution in [0.25, 0.3) is 6.08 Å². The molecule has 0 aliphatic heterocycles. The van der Waals surface area contributed by atoms with Crippen molar-refractivity contribution in [2.45, 2.75) is 132 Å². The van der Waals surface area contributed by atoms with Crippen molar-refractivity contribution in [1.82, 2.24) is 0 Å². The van der Waals surface area contributed by atoms with Crippen molar-refractivity contribution in [3.05, 3.63) is 41.5 Å². The van der Waals surface area contributed by atoms with Crippen LogP contribution in [0.15, 0.2) is 30.3 Å². The Morgan fingerprint density at radius 3 is 1.40 bits per heavy atom. The number of hydrogen-bond donors (Lipinski definition) is 0. The van der Waals surface area contributed by atoms with E-state index in [-0.39, 0.29) is 5.78 Å². The summed E-state index contributed by atoms with van der Waals surface area (Å²) in [6.45, 7) is 29.3. The molecule has 240 valence electrons. The van der Waals surface area contributed by atoms with Crippen LogP contribution < -0.4 is 28.4 Å². The molecule has 0 spiro atoms. The molecule has 0 aliphatic rings. The number of carbonyl (C=O) groups is 1. The van der Waals surface area contributed by atoms with Crippen LogP contribution in [0.5, 0.6) is 34.5 Å². The molecule has 0 amide bonds. The van der Waals surface area contributed by atoms with Gasteiger partial charge in [-0.2, -0.15) is 0 Å². The van der Waals surface area contributed by atoms with Crippen LogP contribution in [-0.2, 0) is 0 Å². The standard InChI is InChI=1S/C36H54O7/c1-32(2,3)39-24-19-23(30(28(21-24)38-16)42-35(10,11)12)17-18-27(37)26-20-25(40-33(4,5)6)22-29(41-34(7,8)9)31(26)43-36(13,14)15/h17-22H,1-16H3/b18-17+. The molecular formula is C36H54O7. The van der Waals surface area contributed by atoms with E-state index in [1.165, 1.54) is 6.08 Å². The van der Waals surface area contributed by atoms with Crippen molar-refractivity contribution in [3.8, 4) is 34.5 Å². The molecule has 0 heterocycles. The van der Waals surface area contributed by atoms with Gasteiger partial charge in [-0.25, -0.2) is 0 Å². The smallest absolute Gasteiger partial charge is 0.189 e. The third-order valence-electron chi connectivity index (χ3n) is 5.07. The van der Waals surface area contributed by atoms with E-state index in [4.69, 9.17) is 28.4 Å². The van der Waals surface area contributed by atoms with Crippen LogP contribution in [0.1, 0.15) is 120 Å². The average molecular weight is 599 g/mol. The van der Waals surface area contributed by atoms with E-state index in [9.17, 15) is 4.79 Å². The summed E-state index contributed by atoms with van der Waals surface area (Å²) >= 11 is 0. The minimum absolute atomic E-state index is 0.291. The molecule has 2 aromatic carbocycles. The highest BCUT2D eigenvalue weighted by Gasteiger charge is 2.28. The van der Waals surface area contributed by atoms with Crippen molar-refractivity contribution in [3.63, 3.8) is 0 Å². The molecule has 0 N–H and O–H groups in total. The lowest BCUT2D eigenvalue weighted by Gasteiger charge is -2.30. The van der Waals surface area contributed by atoms with Crippen molar-refractivity contribution in [2.24, 2.45) is 0 Å². The van der Waals surface area contributed by atoms with E-state index in [2.05, 4.69) is 0 Å². The van der Waals surface area contributed by atoms with Gasteiger partial charge in [0.1, 0.15) is 39.5 Å². The minimum Gasteiger partial charge on any atom is -0.493 e. The van der Waals surface area contributed by atoms with Gasteiger partial charge in [0.25, 0.3) is 0 Å². The van der Waals surface area contributed by atoms with Gasteiger partial charge in [-0.1, -0.05) is 0 Å². The van der Waals surface area contributed by atoms with Gasteiger partial charge in [-0.15, -0.1) is 0 Å². The van der Waals surface area contributed by atoms with Crippen molar-refractivity contribution in [2.75, 3.05) is 7.11 Å². The number of allylic oxidation sites excluding steroid dienone is 1. The van der Waals surface area contributed by atoms with E-state index in [1.54, 1.807) is 31.4 Å². The van der Waals surface area contributed by atoms with Gasteiger partial charge in [-0.05, 0) is 128 Å². The molecule has 0 unspecified atom stereocenters. The molecule has 43 heavy (non-hydrogen) atoms. The monoisotopic (exact) mass is 598 g/mol. The molecule has 7 heteroatoms. The second kappa shape index (κ2) is 12.7. The van der Waals surface area contributed by atoms with Crippen LogP contribution in [0.4, 0.5) is 0 Å². The average Bonchev–Trinajstić information content (AvgIpc) is 2.75. The zero-order chi connectivity index (χ0) is 33.2. The quantitative estimate of drug-likeness (QED) is 0.210. The van der Waals surface area contributed by atoms with E-state index in [0.717, 1.165) is 0 Å². The van der Waals surface area contributed by atoms with Gasteiger partial charge in [0.15, 0.2) is 28.8 Å². The molecule has 7 nitrogen and oxygen atoms in total. The lowest BCUT2D eigenvalue weighted by atomic mass is 10.0. The molecule has 0 aromatic heterocycles. The fraction of sp³-hybridized carbons (Fsp3) is 0.583. The first kappa shape index (κ1) is 35.8. The Morgan fingerprint density at radius 1 is 0.535 bits per heavy atom. The maximum absolute atomic E-state index is 14.0. The first-order valence-electron chi connectivity index (χ1n) is 14.8. The summed E-state index contributed by atoms with van der Waals surface area (Å²) in [5.41, 5.74) is -1.64. The van der Waals surface area contributed by atoms with E-state index < -0.39 is 28.0 Å². The van der Waals surface area contributed by atoms with Gasteiger partial charge < -0.3 is 28.4 Å². The van der Waals surface area contributed by atoms with E-state index in [0.29, 0.717) is 45.6 Å². The predicted octanol–water partition coefficient (Wildman–Crippen LogP) is 9.48. The number of methoxy groups -OCH3 is 1. The van der Waals surface area contributed by atoms with Crippen LogP contribution in [0.3, 0.4) is 0 Å². The van der Waals surface area contributed by atoms with E-state index >= 15 is 0 Å². The summed E-state index contributed by atoms with van der Waals surface area (Å²) in [5.74, 6) is 2.60. The lowest BCUT2D eigenvalue weighted by Crippen LogP contribution is -2.28. The van der Waals surface area contributed by atoms with Crippen LogP contribution in [0.2, 0.25) is 0 Å². The molecule has 0 aliphatic carbocycles. The van der Waals surface area contributed by atoms with E-state index in [1.807, 2.05) is 110 Å². The van der Waals surface area contributed by atoms with Crippen molar-refractivity contribution >= 4 is 11.9 Å². The maximum Gasteiger partial charge on any atom is 0.189 e. The van der Waals surface area contributed by atoms with Crippen LogP contribution >= 0.6 is 0 Å². The number of rotatable bonds is 9. The Morgan fingerprint density at radius 2 is 0.953 bits per heavy atom. The first-order valence-corrected chi connectivity index (χ1v) is 14.8. The molecule has 2 aromatic rings. The molecule has 0 saturated carbocycles. The number of hydrogen-bond acceptors (Lipinski definition) is 7. The van der Waals surface area contributed by atoms with Crippen molar-refractivity contribution < 1.29 is 33.2 Å². The topological polar surface area (TPSA) is 72.5 Å². The largest absolute Gasteiger partial charge is 0.493 e. The van der Waals surface area contributed by atoms with Crippen LogP contribution in [0, 0.1) is 0 Å². The maximum atomic E-state index is 14.0. The second-order valence-corrected chi connectivity index (χ2v) is 15.6. The Bertz CT molecular complexity index is 1300. The second-order valence-electron chi connectivity index (χ2n) is 15.6. The number of ketones is 1. The Balaban J connectivity index is 2.79. The van der Waals surface area contributed by atoms with Gasteiger partial charge in [-0.3, -0.25) is 4.79 Å². The zero-order valence-corrected chi connectivity index (χ0v) is 29.3. The van der Waals surface area contributed by atoms with Crippen LogP contribution in [-0.4, -0.2) is 40.9 Å². The molecule has 2 rings (SSSR count). The third kappa shape index (κ3) is 12.4. The van der Waals surface area contributed by atoms with Gasteiger partial charge in [0, 0.05) is 17.7 Å². The molecule has 0 radical (unpaired) electrons. The van der Waals surface area contributed by atoms with Crippen molar-refractivity contribution in [1.29, 1.82) is 0 Å². The lowest BCUT2D eigenvalue weighted by molar-refractivity contribution is 0.0884. The zero-order valence-electron chi connectivity index (χ0n) is 29.3. The Labute approximate surface area is 259 Å². The fourth-order valence-corrected chi connectivity index (χ4v) is 3.95. The molecular weight excluding hydrogens is 544 g/mol. The fourth-order valence-electron chi connectivity index (χ4n) is 3.95. The number of benzene rings is 2. The summed E-state index contributed by atoms with van der Waals surface area (Å²) in [4.78, 5) is 14.0. The highest BCUT2D eigenvalue weighted by Crippen LogP contribution is 2.42. The minimum atomic E-state index is -0.596. The Kier molecular flexibility index (Phi) is 10.6. The highest BCUT2D eigenvalue weighted by molar-refractivity contribution is 6.09. The first-order chi connectivity index (χ1) is 19.3. The third-order valence-corrected chi connectivity index (χ3v) is 5.07. The summed E-state index contributed by atoms with van der Waals surface area (Å²) in [6, 6.07) is 7.13. The summed E-state index contributed by atoms with van der Waals surface area (Å²) in [7, 11) is 1.58. The highest BCUT2D eigenvalue weighted by atomic mass is 16.5. The number of carbonyl (C=O) groups excluding carboxylic acids is 1. The SMILES string of the molecule is COc1cc(OC(C)(C)C)cc(/C=C/C(=O)c2cc(OC(C)(C)C)cc(OC(C)(C)C)c2OC(C)(C)C)c1OC(C)(C)C. The molecule has 0 atom stereocenters. The van der Waals surface area contributed by atoms with Gasteiger partial charge >= 0.3 is 0 Å². The summed E-state index contributed by atoms with van der Waals surface area (Å²) < 4.78 is 37.0. The summed E-state index contributed by atoms with van der Waals surface area (Å²) in [6.07, 6.45) is 3.21. The number of ether oxygens (including phenoxy) is 6. The van der Waals surface area contributed by atoms with Gasteiger partial charge in [0.2, 0.25) is 0 Å².